The molecule has 0 rings (SSSR count). The molecule has 0 bridgehead atoms. The Balaban J connectivity index is 4.18. The number of aliphatic hydroxyl groups is 2. The Morgan fingerprint density at radius 3 is 2.35 bits per heavy atom. The molecule has 0 radical (unpaired) electrons. The summed E-state index contributed by atoms with van der Waals surface area (Å²) >= 11 is 0. The monoisotopic (exact) mass is 263 g/mol. The van der Waals surface area contributed by atoms with Gasteiger partial charge in [0.15, 0.2) is 0 Å². The Morgan fingerprint density at radius 2 is 1.88 bits per heavy atom. The third-order valence-electron chi connectivity index (χ3n) is 2.11. The van der Waals surface area contributed by atoms with Crippen LogP contribution in [0.3, 0.4) is 0 Å². The van der Waals surface area contributed by atoms with Gasteiger partial charge in [-0.2, -0.15) is 0 Å². The Labute approximate surface area is 105 Å². The third kappa shape index (κ3) is 8.06. The zero-order valence-electron chi connectivity index (χ0n) is 10.2. The molecule has 0 aliphatic carbocycles. The first-order chi connectivity index (χ1) is 8.15. The molecule has 0 saturated heterocycles. The largest absolute Gasteiger partial charge is 0.395 e. The van der Waals surface area contributed by atoms with Crippen LogP contribution in [0, 0.1) is 0 Å². The summed E-state index contributed by atoms with van der Waals surface area (Å²) in [7, 11) is -1.12. The van der Waals surface area contributed by atoms with Crippen molar-refractivity contribution in [1.82, 2.24) is 4.90 Å². The molecule has 0 spiro atoms. The van der Waals surface area contributed by atoms with Gasteiger partial charge in [-0.15, -0.1) is 0 Å². The predicted octanol–water partition coefficient (Wildman–Crippen LogP) is -0.138. The van der Waals surface area contributed by atoms with Crippen LogP contribution in [0.25, 0.3) is 0 Å². The van der Waals surface area contributed by atoms with Crippen LogP contribution in [0.15, 0.2) is 11.5 Å². The second kappa shape index (κ2) is 10.4. The average Bonchev–Trinajstić information content (AvgIpc) is 2.33. The summed E-state index contributed by atoms with van der Waals surface area (Å²) in [4.78, 5) is 12.9. The van der Waals surface area contributed by atoms with E-state index in [1.54, 1.807) is 0 Å². The number of hydrogen-bond donors (Lipinski definition) is 2. The number of rotatable bonds is 9. The van der Waals surface area contributed by atoms with Gasteiger partial charge < -0.3 is 15.1 Å². The molecule has 1 atom stereocenters. The molecule has 0 fully saturated rings. The summed E-state index contributed by atoms with van der Waals surface area (Å²) in [6.07, 6.45) is 3.08. The molecule has 6 heteroatoms. The first kappa shape index (κ1) is 16.3. The van der Waals surface area contributed by atoms with Gasteiger partial charge in [-0.05, 0) is 6.42 Å². The van der Waals surface area contributed by atoms with Crippen LogP contribution in [0.1, 0.15) is 19.8 Å². The van der Waals surface area contributed by atoms with Gasteiger partial charge in [0.2, 0.25) is 5.91 Å². The van der Waals surface area contributed by atoms with Crippen LogP contribution in [-0.2, 0) is 15.6 Å². The number of aliphatic hydroxyl groups excluding tert-OH is 2. The molecular weight excluding hydrogens is 242 g/mol. The van der Waals surface area contributed by atoms with Crippen LogP contribution in [0.5, 0.6) is 0 Å². The van der Waals surface area contributed by atoms with Gasteiger partial charge in [0.1, 0.15) is 0 Å². The molecule has 0 aromatic rings. The maximum atomic E-state index is 11.6. The van der Waals surface area contributed by atoms with Crippen LogP contribution in [0.2, 0.25) is 0 Å². The average molecular weight is 263 g/mol. The molecule has 0 aliphatic heterocycles. The second-order valence-electron chi connectivity index (χ2n) is 3.51. The molecule has 100 valence electrons. The van der Waals surface area contributed by atoms with Gasteiger partial charge in [0.05, 0.1) is 13.2 Å². The van der Waals surface area contributed by atoms with Crippen molar-refractivity contribution in [2.24, 2.45) is 0 Å². The van der Waals surface area contributed by atoms with Crippen molar-refractivity contribution >= 4 is 16.7 Å². The van der Waals surface area contributed by atoms with E-state index in [0.717, 1.165) is 12.8 Å². The SMILES string of the molecule is CCCCS(=O)C=CC(=O)N(CCO)CCO. The van der Waals surface area contributed by atoms with Gasteiger partial charge in [-0.25, -0.2) is 0 Å². The number of amides is 1. The van der Waals surface area contributed by atoms with Gasteiger partial charge >= 0.3 is 0 Å². The van der Waals surface area contributed by atoms with Gasteiger partial charge in [-0.1, -0.05) is 13.3 Å². The van der Waals surface area contributed by atoms with Gasteiger partial charge in [-0.3, -0.25) is 9.00 Å². The van der Waals surface area contributed by atoms with Crippen LogP contribution < -0.4 is 0 Å². The molecule has 0 aromatic carbocycles. The normalized spacial score (nSPS) is 12.9. The summed E-state index contributed by atoms with van der Waals surface area (Å²) < 4.78 is 11.4. The molecule has 5 nitrogen and oxygen atoms in total. The van der Waals surface area contributed by atoms with E-state index in [0.29, 0.717) is 5.75 Å². The first-order valence-electron chi connectivity index (χ1n) is 5.71. The van der Waals surface area contributed by atoms with Gasteiger partial charge in [0.25, 0.3) is 0 Å². The maximum Gasteiger partial charge on any atom is 0.247 e. The van der Waals surface area contributed by atoms with E-state index in [9.17, 15) is 9.00 Å². The van der Waals surface area contributed by atoms with Crippen molar-refractivity contribution in [2.45, 2.75) is 19.8 Å². The fourth-order valence-electron chi connectivity index (χ4n) is 1.17. The minimum Gasteiger partial charge on any atom is -0.395 e. The summed E-state index contributed by atoms with van der Waals surface area (Å²) in [6, 6.07) is 0. The van der Waals surface area contributed by atoms with E-state index >= 15 is 0 Å². The van der Waals surface area contributed by atoms with E-state index in [-0.39, 0.29) is 32.2 Å². The lowest BCUT2D eigenvalue weighted by molar-refractivity contribution is -0.127. The molecular formula is C11H21NO4S. The number of carbonyl (C=O) groups is 1. The van der Waals surface area contributed by atoms with E-state index in [2.05, 4.69) is 0 Å². The quantitative estimate of drug-likeness (QED) is 0.568. The summed E-state index contributed by atoms with van der Waals surface area (Å²) in [5.74, 6) is 0.221. The van der Waals surface area contributed by atoms with Crippen molar-refractivity contribution in [1.29, 1.82) is 0 Å². The van der Waals surface area contributed by atoms with E-state index in [4.69, 9.17) is 10.2 Å². The Kier molecular flexibility index (Phi) is 9.99. The Hall–Kier alpha value is -0.720. The molecule has 0 aromatic heterocycles. The maximum absolute atomic E-state index is 11.6. The topological polar surface area (TPSA) is 77.8 Å². The molecule has 1 amide bonds. The van der Waals surface area contributed by atoms with Crippen LogP contribution in [0.4, 0.5) is 0 Å². The van der Waals surface area contributed by atoms with E-state index in [1.807, 2.05) is 6.92 Å². The Morgan fingerprint density at radius 1 is 1.29 bits per heavy atom. The van der Waals surface area contributed by atoms with Crippen molar-refractivity contribution < 1.29 is 19.2 Å². The fourth-order valence-corrected chi connectivity index (χ4v) is 2.15. The molecule has 17 heavy (non-hydrogen) atoms. The lowest BCUT2D eigenvalue weighted by atomic mass is 10.4. The molecule has 2 N–H and O–H groups in total. The molecule has 0 saturated carbocycles. The number of unbranched alkanes of at least 4 members (excludes halogenated alkanes) is 1. The Bertz CT molecular complexity index is 262. The lowest BCUT2D eigenvalue weighted by Crippen LogP contribution is -2.34. The van der Waals surface area contributed by atoms with E-state index < -0.39 is 10.8 Å². The van der Waals surface area contributed by atoms with Crippen molar-refractivity contribution in [2.75, 3.05) is 32.1 Å². The minimum absolute atomic E-state index is 0.154. The minimum atomic E-state index is -1.12. The van der Waals surface area contributed by atoms with Gasteiger partial charge in [0, 0.05) is 41.1 Å². The lowest BCUT2D eigenvalue weighted by Gasteiger charge is -2.18. The van der Waals surface area contributed by atoms with Crippen LogP contribution in [-0.4, -0.2) is 57.3 Å². The number of hydrogen-bond acceptors (Lipinski definition) is 4. The van der Waals surface area contributed by atoms with Crippen molar-refractivity contribution in [3.63, 3.8) is 0 Å². The zero-order chi connectivity index (χ0) is 13.1. The van der Waals surface area contributed by atoms with Crippen LogP contribution >= 0.6 is 0 Å². The molecule has 0 heterocycles. The predicted molar refractivity (Wildman–Crippen MR) is 67.8 cm³/mol. The zero-order valence-corrected chi connectivity index (χ0v) is 11.0. The highest BCUT2D eigenvalue weighted by atomic mass is 32.2. The third-order valence-corrected chi connectivity index (χ3v) is 3.24. The van der Waals surface area contributed by atoms with Crippen molar-refractivity contribution in [3.8, 4) is 0 Å². The first-order valence-corrected chi connectivity index (χ1v) is 7.09. The standard InChI is InChI=1S/C11H21NO4S/c1-2-3-9-17(16)10-4-11(15)12(5-7-13)6-8-14/h4,10,13-14H,2-3,5-9H2,1H3. The summed E-state index contributed by atoms with van der Waals surface area (Å²) in [6.45, 7) is 2.05. The molecule has 1 unspecified atom stereocenters. The fraction of sp³-hybridized carbons (Fsp3) is 0.727. The van der Waals surface area contributed by atoms with Crippen molar-refractivity contribution in [3.05, 3.63) is 11.5 Å². The summed E-state index contributed by atoms with van der Waals surface area (Å²) in [5, 5.41) is 18.9. The molecule has 0 aliphatic rings. The number of nitrogens with zero attached hydrogens (tertiary/aromatic N) is 1. The highest BCUT2D eigenvalue weighted by Gasteiger charge is 2.09. The smallest absolute Gasteiger partial charge is 0.247 e. The number of carbonyl (C=O) groups excluding carboxylic acids is 1. The highest BCUT2D eigenvalue weighted by Crippen LogP contribution is 1.96. The summed E-state index contributed by atoms with van der Waals surface area (Å²) in [5.41, 5.74) is 0. The van der Waals surface area contributed by atoms with E-state index in [1.165, 1.54) is 16.4 Å². The second-order valence-corrected chi connectivity index (χ2v) is 4.96. The highest BCUT2D eigenvalue weighted by molar-refractivity contribution is 7.87.